The second kappa shape index (κ2) is 5.83. The van der Waals surface area contributed by atoms with Crippen LogP contribution in [0.2, 0.25) is 0 Å². The van der Waals surface area contributed by atoms with E-state index in [1.807, 2.05) is 0 Å². The maximum absolute atomic E-state index is 2.49. The molecule has 0 fully saturated rings. The van der Waals surface area contributed by atoms with Crippen molar-refractivity contribution >= 4 is 48.9 Å². The van der Waals surface area contributed by atoms with Gasteiger partial charge in [-0.25, -0.2) is 4.57 Å². The molecule has 0 atom stereocenters. The molecule has 0 saturated heterocycles. The second-order valence-corrected chi connectivity index (χ2v) is 8.60. The summed E-state index contributed by atoms with van der Waals surface area (Å²) in [4.78, 5) is 0. The van der Waals surface area contributed by atoms with E-state index < -0.39 is 0 Å². The lowest BCUT2D eigenvalue weighted by Crippen LogP contribution is -2.30. The SMILES string of the molecule is Cc1cc2ccc3c4cccc5c6ccccc6n(c3c2cc1-c1cccc[n+]1C)c54. The third-order valence-electron chi connectivity index (χ3n) is 6.88. The van der Waals surface area contributed by atoms with Gasteiger partial charge in [0.25, 0.3) is 0 Å². The van der Waals surface area contributed by atoms with Gasteiger partial charge in [-0.1, -0.05) is 54.6 Å². The summed E-state index contributed by atoms with van der Waals surface area (Å²) in [6, 6.07) is 31.2. The lowest BCUT2D eigenvalue weighted by Gasteiger charge is -2.09. The Morgan fingerprint density at radius 1 is 0.645 bits per heavy atom. The van der Waals surface area contributed by atoms with Gasteiger partial charge >= 0.3 is 0 Å². The van der Waals surface area contributed by atoms with Crippen LogP contribution >= 0.6 is 0 Å². The number of benzene rings is 4. The molecule has 0 bridgehead atoms. The van der Waals surface area contributed by atoms with Crippen molar-refractivity contribution in [3.05, 3.63) is 96.7 Å². The van der Waals surface area contributed by atoms with Gasteiger partial charge in [0.15, 0.2) is 6.20 Å². The fourth-order valence-electron chi connectivity index (χ4n) is 5.48. The fourth-order valence-corrected chi connectivity index (χ4v) is 5.48. The van der Waals surface area contributed by atoms with E-state index in [1.165, 1.54) is 65.7 Å². The Labute approximate surface area is 179 Å². The Kier molecular flexibility index (Phi) is 3.17. The van der Waals surface area contributed by atoms with Crippen LogP contribution in [0, 0.1) is 6.92 Å². The molecule has 3 heterocycles. The minimum absolute atomic E-state index is 1.23. The topological polar surface area (TPSA) is 8.29 Å². The number of aryl methyl sites for hydroxylation is 2. The highest BCUT2D eigenvalue weighted by Gasteiger charge is 2.20. The van der Waals surface area contributed by atoms with Crippen LogP contribution in [0.1, 0.15) is 5.56 Å². The zero-order chi connectivity index (χ0) is 20.7. The van der Waals surface area contributed by atoms with E-state index in [0.717, 1.165) is 0 Å². The zero-order valence-corrected chi connectivity index (χ0v) is 17.6. The number of pyridine rings is 1. The van der Waals surface area contributed by atoms with Gasteiger partial charge in [0.1, 0.15) is 7.05 Å². The van der Waals surface area contributed by atoms with Crippen LogP contribution in [-0.4, -0.2) is 4.40 Å². The average molecular weight is 398 g/mol. The number of fused-ring (bicyclic) bond motifs is 8. The predicted octanol–water partition coefficient (Wildman–Crippen LogP) is 6.79. The highest BCUT2D eigenvalue weighted by Crippen LogP contribution is 2.42. The van der Waals surface area contributed by atoms with Crippen LogP contribution in [0.25, 0.3) is 60.1 Å². The molecule has 31 heavy (non-hydrogen) atoms. The summed E-state index contributed by atoms with van der Waals surface area (Å²) in [6.45, 7) is 2.22. The van der Waals surface area contributed by atoms with Crippen LogP contribution < -0.4 is 4.57 Å². The number of hydrogen-bond acceptors (Lipinski definition) is 0. The summed E-state index contributed by atoms with van der Waals surface area (Å²) in [5.41, 5.74) is 7.74. The average Bonchev–Trinajstić information content (AvgIpc) is 3.31. The molecule has 4 aromatic carbocycles. The van der Waals surface area contributed by atoms with Gasteiger partial charge in [0.2, 0.25) is 5.69 Å². The van der Waals surface area contributed by atoms with E-state index in [1.54, 1.807) is 0 Å². The molecule has 7 rings (SSSR count). The molecule has 7 aromatic rings. The molecular formula is C29H21N2+. The summed E-state index contributed by atoms with van der Waals surface area (Å²) in [5, 5.41) is 7.91. The van der Waals surface area contributed by atoms with Crippen LogP contribution in [0.15, 0.2) is 91.1 Å². The summed E-state index contributed by atoms with van der Waals surface area (Å²) < 4.78 is 4.69. The Hall–Kier alpha value is -3.91. The summed E-state index contributed by atoms with van der Waals surface area (Å²) in [7, 11) is 2.12. The summed E-state index contributed by atoms with van der Waals surface area (Å²) in [5.74, 6) is 0. The first kappa shape index (κ1) is 16.8. The normalized spacial score (nSPS) is 12.2. The van der Waals surface area contributed by atoms with Gasteiger partial charge in [0, 0.05) is 44.6 Å². The molecule has 0 amide bonds. The molecule has 0 aliphatic carbocycles. The Balaban J connectivity index is 1.75. The number of nitrogens with zero attached hydrogens (tertiary/aromatic N) is 2. The first-order valence-electron chi connectivity index (χ1n) is 10.8. The first-order chi connectivity index (χ1) is 15.2. The van der Waals surface area contributed by atoms with E-state index in [4.69, 9.17) is 0 Å². The molecule has 0 saturated carbocycles. The standard InChI is InChI=1S/C29H21N2/c1-18-16-19-13-14-23-22-10-7-9-21-20-8-3-4-12-27(20)31(28(21)22)29(23)25(19)17-24(18)26-11-5-6-15-30(26)2/h3-17H,1-2H3/q+1. The first-order valence-corrected chi connectivity index (χ1v) is 10.8. The molecule has 0 unspecified atom stereocenters. The van der Waals surface area contributed by atoms with Gasteiger partial charge in [-0.3, -0.25) is 0 Å². The molecule has 3 aromatic heterocycles. The quantitative estimate of drug-likeness (QED) is 0.270. The van der Waals surface area contributed by atoms with Crippen LogP contribution in [-0.2, 0) is 7.05 Å². The number of hydrogen-bond donors (Lipinski definition) is 0. The lowest BCUT2D eigenvalue weighted by atomic mass is 9.97. The van der Waals surface area contributed by atoms with Crippen molar-refractivity contribution in [1.29, 1.82) is 0 Å². The van der Waals surface area contributed by atoms with Crippen LogP contribution in [0.4, 0.5) is 0 Å². The predicted molar refractivity (Wildman–Crippen MR) is 130 cm³/mol. The molecule has 2 heteroatoms. The van der Waals surface area contributed by atoms with Crippen molar-refractivity contribution in [2.45, 2.75) is 6.92 Å². The number of para-hydroxylation sites is 2. The Morgan fingerprint density at radius 3 is 2.23 bits per heavy atom. The van der Waals surface area contributed by atoms with Crippen molar-refractivity contribution in [1.82, 2.24) is 4.40 Å². The molecule has 2 nitrogen and oxygen atoms in total. The smallest absolute Gasteiger partial charge is 0.212 e. The number of aromatic nitrogens is 2. The summed E-state index contributed by atoms with van der Waals surface area (Å²) >= 11 is 0. The van der Waals surface area contributed by atoms with E-state index in [2.05, 4.69) is 114 Å². The lowest BCUT2D eigenvalue weighted by molar-refractivity contribution is -0.660. The van der Waals surface area contributed by atoms with Crippen LogP contribution in [0.3, 0.4) is 0 Å². The Morgan fingerprint density at radius 2 is 1.35 bits per heavy atom. The Bertz CT molecular complexity index is 1800. The zero-order valence-electron chi connectivity index (χ0n) is 17.6. The van der Waals surface area contributed by atoms with E-state index >= 15 is 0 Å². The van der Waals surface area contributed by atoms with Crippen molar-refractivity contribution in [3.63, 3.8) is 0 Å². The van der Waals surface area contributed by atoms with E-state index in [9.17, 15) is 0 Å². The molecular weight excluding hydrogens is 376 g/mol. The summed E-state index contributed by atoms with van der Waals surface area (Å²) in [6.07, 6.45) is 2.12. The van der Waals surface area contributed by atoms with Gasteiger partial charge in [-0.2, -0.15) is 0 Å². The monoisotopic (exact) mass is 397 g/mol. The molecule has 0 radical (unpaired) electrons. The van der Waals surface area contributed by atoms with E-state index in [0.29, 0.717) is 0 Å². The highest BCUT2D eigenvalue weighted by atomic mass is 14.9. The van der Waals surface area contributed by atoms with Gasteiger partial charge in [-0.05, 0) is 36.1 Å². The van der Waals surface area contributed by atoms with Crippen molar-refractivity contribution in [2.75, 3.05) is 0 Å². The molecule has 0 spiro atoms. The molecule has 0 aliphatic rings. The minimum atomic E-state index is 1.23. The van der Waals surface area contributed by atoms with Crippen molar-refractivity contribution < 1.29 is 4.57 Å². The van der Waals surface area contributed by atoms with Crippen LogP contribution in [0.5, 0.6) is 0 Å². The number of rotatable bonds is 1. The fraction of sp³-hybridized carbons (Fsp3) is 0.0690. The van der Waals surface area contributed by atoms with Gasteiger partial charge < -0.3 is 4.40 Å². The maximum Gasteiger partial charge on any atom is 0.212 e. The third kappa shape index (κ3) is 2.09. The largest absolute Gasteiger partial charge is 0.307 e. The highest BCUT2D eigenvalue weighted by molar-refractivity contribution is 6.27. The van der Waals surface area contributed by atoms with Crippen molar-refractivity contribution in [3.8, 4) is 11.3 Å². The molecule has 0 N–H and O–H groups in total. The van der Waals surface area contributed by atoms with Gasteiger partial charge in [-0.15, -0.1) is 0 Å². The molecule has 0 aliphatic heterocycles. The van der Waals surface area contributed by atoms with Gasteiger partial charge in [0.05, 0.1) is 16.6 Å². The third-order valence-corrected chi connectivity index (χ3v) is 6.88. The maximum atomic E-state index is 2.49. The molecule has 146 valence electrons. The van der Waals surface area contributed by atoms with Crippen molar-refractivity contribution in [2.24, 2.45) is 7.05 Å². The minimum Gasteiger partial charge on any atom is -0.307 e. The second-order valence-electron chi connectivity index (χ2n) is 8.60. The van der Waals surface area contributed by atoms with E-state index in [-0.39, 0.29) is 0 Å².